The minimum absolute atomic E-state index is 0.0225. The number of aromatic nitrogens is 3. The van der Waals surface area contributed by atoms with Gasteiger partial charge in [0.25, 0.3) is 0 Å². The molecule has 0 atom stereocenters. The highest BCUT2D eigenvalue weighted by molar-refractivity contribution is 7.92. The van der Waals surface area contributed by atoms with Gasteiger partial charge in [-0.1, -0.05) is 17.7 Å². The van der Waals surface area contributed by atoms with Crippen molar-refractivity contribution in [1.29, 1.82) is 0 Å². The van der Waals surface area contributed by atoms with E-state index in [1.165, 1.54) is 12.4 Å². The first-order valence-electron chi connectivity index (χ1n) is 11.4. The number of rotatable bonds is 11. The van der Waals surface area contributed by atoms with Gasteiger partial charge in [0.05, 0.1) is 40.5 Å². The quantitative estimate of drug-likeness (QED) is 0.265. The van der Waals surface area contributed by atoms with Gasteiger partial charge in [0.1, 0.15) is 23.3 Å². The molecule has 0 aliphatic carbocycles. The second kappa shape index (κ2) is 11.3. The average Bonchev–Trinajstić information content (AvgIpc) is 3.28. The molecule has 0 spiro atoms. The van der Waals surface area contributed by atoms with Crippen molar-refractivity contribution in [3.8, 4) is 11.5 Å². The second-order valence-electron chi connectivity index (χ2n) is 8.24. The van der Waals surface area contributed by atoms with Crippen LogP contribution >= 0.6 is 11.6 Å². The van der Waals surface area contributed by atoms with Gasteiger partial charge < -0.3 is 24.5 Å². The topological polar surface area (TPSA) is 116 Å². The third kappa shape index (κ3) is 5.79. The van der Waals surface area contributed by atoms with Crippen molar-refractivity contribution in [3.05, 3.63) is 66.1 Å². The van der Waals surface area contributed by atoms with Crippen LogP contribution in [0.15, 0.2) is 66.0 Å². The Morgan fingerprint density at radius 1 is 1.11 bits per heavy atom. The van der Waals surface area contributed by atoms with Crippen LogP contribution in [0.2, 0.25) is 5.02 Å². The number of benzene rings is 2. The van der Waals surface area contributed by atoms with Crippen LogP contribution < -0.4 is 10.1 Å². The van der Waals surface area contributed by atoms with Crippen molar-refractivity contribution >= 4 is 44.0 Å². The number of nitrogens with zero attached hydrogens (tertiary/aromatic N) is 3. The minimum atomic E-state index is -3.42. The number of halogens is 1. The summed E-state index contributed by atoms with van der Waals surface area (Å²) < 4.78 is 38.2. The predicted octanol–water partition coefficient (Wildman–Crippen LogP) is 4.81. The van der Waals surface area contributed by atoms with Gasteiger partial charge in [-0.25, -0.2) is 18.4 Å². The largest absolute Gasteiger partial charge is 0.456 e. The van der Waals surface area contributed by atoms with Crippen LogP contribution in [0.1, 0.15) is 13.8 Å². The Morgan fingerprint density at radius 3 is 2.69 bits per heavy atom. The molecule has 190 valence electrons. The first-order valence-corrected chi connectivity index (χ1v) is 13.3. The molecule has 2 heterocycles. The number of hydrogen-bond acceptors (Lipinski definition) is 8. The third-order valence-electron chi connectivity index (χ3n) is 5.44. The molecule has 0 aliphatic heterocycles. The van der Waals surface area contributed by atoms with E-state index in [2.05, 4.69) is 15.3 Å². The molecular weight excluding hydrogens is 504 g/mol. The number of ether oxygens (including phenoxy) is 2. The fourth-order valence-electron chi connectivity index (χ4n) is 3.55. The van der Waals surface area contributed by atoms with E-state index in [9.17, 15) is 8.42 Å². The number of aliphatic hydroxyl groups is 1. The van der Waals surface area contributed by atoms with Crippen LogP contribution in [-0.2, 0) is 21.1 Å². The van der Waals surface area contributed by atoms with Crippen molar-refractivity contribution in [1.82, 2.24) is 14.5 Å². The standard InChI is InChI=1S/C25H27ClN4O5S/c1-17(2)36(32,33)20-5-3-4-19(15-20)35-23-7-6-18(14-21(23)26)29-25-24-22(27-16-28-25)8-9-30(24)10-12-34-13-11-31/h3-9,14-17,31H,10-13H2,1-2H3,(H,27,28,29). The summed E-state index contributed by atoms with van der Waals surface area (Å²) >= 11 is 6.49. The van der Waals surface area contributed by atoms with E-state index >= 15 is 0 Å². The summed E-state index contributed by atoms with van der Waals surface area (Å²) in [6.45, 7) is 4.55. The fourth-order valence-corrected chi connectivity index (χ4v) is 4.86. The molecule has 0 amide bonds. The highest BCUT2D eigenvalue weighted by Crippen LogP contribution is 2.34. The molecule has 0 radical (unpaired) electrons. The number of sulfone groups is 1. The lowest BCUT2D eigenvalue weighted by atomic mass is 10.3. The number of nitrogens with one attached hydrogen (secondary N) is 1. The summed E-state index contributed by atoms with van der Waals surface area (Å²) in [5.41, 5.74) is 2.27. The molecule has 36 heavy (non-hydrogen) atoms. The first-order chi connectivity index (χ1) is 17.3. The van der Waals surface area contributed by atoms with Crippen LogP contribution in [-0.4, -0.2) is 53.1 Å². The van der Waals surface area contributed by atoms with Gasteiger partial charge in [-0.05, 0) is 56.3 Å². The summed E-state index contributed by atoms with van der Waals surface area (Å²) in [7, 11) is -3.42. The van der Waals surface area contributed by atoms with E-state index in [1.54, 1.807) is 50.2 Å². The van der Waals surface area contributed by atoms with Crippen molar-refractivity contribution in [2.75, 3.05) is 25.1 Å². The highest BCUT2D eigenvalue weighted by atomic mass is 35.5. The molecule has 0 fully saturated rings. The molecule has 9 nitrogen and oxygen atoms in total. The third-order valence-corrected chi connectivity index (χ3v) is 7.89. The van der Waals surface area contributed by atoms with E-state index in [4.69, 9.17) is 26.2 Å². The molecule has 4 aromatic rings. The zero-order chi connectivity index (χ0) is 25.7. The molecule has 2 aromatic carbocycles. The Balaban J connectivity index is 1.53. The summed E-state index contributed by atoms with van der Waals surface area (Å²) in [6, 6.07) is 13.5. The SMILES string of the molecule is CC(C)S(=O)(=O)c1cccc(Oc2ccc(Nc3ncnc4ccn(CCOCCO)c34)cc2Cl)c1. The van der Waals surface area contributed by atoms with Gasteiger partial charge in [-0.3, -0.25) is 0 Å². The van der Waals surface area contributed by atoms with Gasteiger partial charge in [0, 0.05) is 18.4 Å². The van der Waals surface area contributed by atoms with Gasteiger partial charge in [0.15, 0.2) is 15.7 Å². The van der Waals surface area contributed by atoms with Crippen molar-refractivity contribution in [2.45, 2.75) is 30.5 Å². The Labute approximate surface area is 214 Å². The smallest absolute Gasteiger partial charge is 0.180 e. The summed E-state index contributed by atoms with van der Waals surface area (Å²) in [6.07, 6.45) is 3.39. The molecule has 0 saturated heterocycles. The maximum atomic E-state index is 12.5. The van der Waals surface area contributed by atoms with Crippen molar-refractivity contribution in [2.24, 2.45) is 0 Å². The van der Waals surface area contributed by atoms with Crippen LogP contribution in [0.5, 0.6) is 11.5 Å². The zero-order valence-electron chi connectivity index (χ0n) is 19.9. The lowest BCUT2D eigenvalue weighted by Crippen LogP contribution is -2.13. The van der Waals surface area contributed by atoms with Crippen molar-refractivity contribution in [3.63, 3.8) is 0 Å². The van der Waals surface area contributed by atoms with E-state index in [0.29, 0.717) is 41.2 Å². The lowest BCUT2D eigenvalue weighted by Gasteiger charge is -2.13. The maximum Gasteiger partial charge on any atom is 0.180 e. The maximum absolute atomic E-state index is 12.5. The van der Waals surface area contributed by atoms with Gasteiger partial charge >= 0.3 is 0 Å². The van der Waals surface area contributed by atoms with E-state index < -0.39 is 15.1 Å². The number of aliphatic hydroxyl groups excluding tert-OH is 1. The van der Waals surface area contributed by atoms with Crippen LogP contribution in [0, 0.1) is 0 Å². The number of anilines is 2. The van der Waals surface area contributed by atoms with E-state index in [-0.39, 0.29) is 18.1 Å². The van der Waals surface area contributed by atoms with Gasteiger partial charge in [-0.2, -0.15) is 0 Å². The molecule has 0 saturated carbocycles. The average molecular weight is 531 g/mol. The fraction of sp³-hybridized carbons (Fsp3) is 0.280. The minimum Gasteiger partial charge on any atom is -0.456 e. The molecular formula is C25H27ClN4O5S. The van der Waals surface area contributed by atoms with Gasteiger partial charge in [-0.15, -0.1) is 0 Å². The monoisotopic (exact) mass is 530 g/mol. The summed E-state index contributed by atoms with van der Waals surface area (Å²) in [4.78, 5) is 8.91. The highest BCUT2D eigenvalue weighted by Gasteiger charge is 2.20. The lowest BCUT2D eigenvalue weighted by molar-refractivity contribution is 0.0875. The Bertz CT molecular complexity index is 1460. The van der Waals surface area contributed by atoms with Crippen LogP contribution in [0.4, 0.5) is 11.5 Å². The Hall–Kier alpha value is -3.18. The molecule has 2 N–H and O–H groups in total. The van der Waals surface area contributed by atoms with Crippen LogP contribution in [0.25, 0.3) is 11.0 Å². The predicted molar refractivity (Wildman–Crippen MR) is 139 cm³/mol. The Kier molecular flexibility index (Phi) is 8.10. The first kappa shape index (κ1) is 25.9. The summed E-state index contributed by atoms with van der Waals surface area (Å²) in [5, 5.41) is 12.0. The normalized spacial score (nSPS) is 11.8. The molecule has 4 rings (SSSR count). The number of hydrogen-bond donors (Lipinski definition) is 2. The second-order valence-corrected chi connectivity index (χ2v) is 11.2. The molecule has 0 bridgehead atoms. The Morgan fingerprint density at radius 2 is 1.94 bits per heavy atom. The zero-order valence-corrected chi connectivity index (χ0v) is 21.5. The molecule has 11 heteroatoms. The summed E-state index contributed by atoms with van der Waals surface area (Å²) in [5.74, 6) is 1.36. The molecule has 0 aliphatic rings. The van der Waals surface area contributed by atoms with E-state index in [0.717, 1.165) is 11.0 Å². The molecule has 0 unspecified atom stereocenters. The molecule has 2 aromatic heterocycles. The van der Waals surface area contributed by atoms with Crippen molar-refractivity contribution < 1.29 is 23.0 Å². The van der Waals surface area contributed by atoms with E-state index in [1.807, 2.05) is 16.8 Å². The van der Waals surface area contributed by atoms with Crippen LogP contribution in [0.3, 0.4) is 0 Å². The number of fused-ring (bicyclic) bond motifs is 1. The van der Waals surface area contributed by atoms with Gasteiger partial charge in [0.2, 0.25) is 0 Å².